The van der Waals surface area contributed by atoms with Gasteiger partial charge in [0.05, 0.1) is 28.8 Å². The fraction of sp³-hybridized carbons (Fsp3) is 0.833. The Morgan fingerprint density at radius 1 is 1.16 bits per heavy atom. The van der Waals surface area contributed by atoms with Gasteiger partial charge in [0.2, 0.25) is 5.95 Å². The second kappa shape index (κ2) is 10.6. The van der Waals surface area contributed by atoms with E-state index in [1.807, 2.05) is 6.92 Å². The number of piperidine rings is 1. The molecule has 0 amide bonds. The molecule has 5 unspecified atom stereocenters. The van der Waals surface area contributed by atoms with Crippen LogP contribution in [0.15, 0.2) is 12.4 Å². The summed E-state index contributed by atoms with van der Waals surface area (Å²) in [6, 6.07) is 0. The molecule has 1 saturated heterocycles. The van der Waals surface area contributed by atoms with E-state index in [-0.39, 0.29) is 23.0 Å². The standard InChI is InChI=1S/C24H38ClN3O3S/c1-3-32(29,30)17(2)19-5-4-6-22(13-19)31-12-9-20-14-23(20)18-7-10-28(11-8-18)24-26-15-21(25)16-27-24/h15-20,22-23H,3-14H2,1-2H3. The SMILES string of the molecule is CCS(=O)(=O)C(C)C1CCCC(OCCC2CC2C2CCN(c3ncc(Cl)cn3)CC2)C1. The number of rotatable bonds is 9. The highest BCUT2D eigenvalue weighted by Crippen LogP contribution is 2.50. The summed E-state index contributed by atoms with van der Waals surface area (Å²) in [7, 11) is -2.96. The average molecular weight is 484 g/mol. The summed E-state index contributed by atoms with van der Waals surface area (Å²) in [4.78, 5) is 11.0. The number of aromatic nitrogens is 2. The second-order valence-corrected chi connectivity index (χ2v) is 13.1. The van der Waals surface area contributed by atoms with Crippen molar-refractivity contribution in [1.82, 2.24) is 9.97 Å². The zero-order valence-corrected chi connectivity index (χ0v) is 21.0. The molecule has 2 aliphatic carbocycles. The summed E-state index contributed by atoms with van der Waals surface area (Å²) in [5.74, 6) is 3.74. The summed E-state index contributed by atoms with van der Waals surface area (Å²) >= 11 is 5.90. The summed E-state index contributed by atoms with van der Waals surface area (Å²) in [6.07, 6.45) is 12.6. The van der Waals surface area contributed by atoms with E-state index in [4.69, 9.17) is 16.3 Å². The summed E-state index contributed by atoms with van der Waals surface area (Å²) in [5, 5.41) is 0.340. The highest BCUT2D eigenvalue weighted by atomic mass is 35.5. The maximum absolute atomic E-state index is 12.3. The monoisotopic (exact) mass is 483 g/mol. The maximum Gasteiger partial charge on any atom is 0.225 e. The van der Waals surface area contributed by atoms with Crippen molar-refractivity contribution >= 4 is 27.4 Å². The van der Waals surface area contributed by atoms with E-state index in [1.54, 1.807) is 19.3 Å². The van der Waals surface area contributed by atoms with Gasteiger partial charge in [-0.15, -0.1) is 0 Å². The Labute approximate surface area is 198 Å². The van der Waals surface area contributed by atoms with Crippen LogP contribution in [0, 0.1) is 23.7 Å². The van der Waals surface area contributed by atoms with Gasteiger partial charge in [-0.25, -0.2) is 18.4 Å². The van der Waals surface area contributed by atoms with E-state index in [9.17, 15) is 8.42 Å². The highest BCUT2D eigenvalue weighted by Gasteiger charge is 2.43. The van der Waals surface area contributed by atoms with Crippen molar-refractivity contribution in [3.63, 3.8) is 0 Å². The molecule has 0 aromatic carbocycles. The minimum atomic E-state index is -2.96. The first-order valence-corrected chi connectivity index (χ1v) is 14.5. The fourth-order valence-corrected chi connectivity index (χ4v) is 7.33. The van der Waals surface area contributed by atoms with Gasteiger partial charge in [0, 0.05) is 25.4 Å². The molecular weight excluding hydrogens is 446 g/mol. The number of halogens is 1. The van der Waals surface area contributed by atoms with Gasteiger partial charge in [0.25, 0.3) is 0 Å². The Morgan fingerprint density at radius 2 is 1.88 bits per heavy atom. The largest absolute Gasteiger partial charge is 0.378 e. The predicted octanol–water partition coefficient (Wildman–Crippen LogP) is 4.77. The topological polar surface area (TPSA) is 72.4 Å². The molecule has 0 radical (unpaired) electrons. The molecule has 1 aromatic heterocycles. The van der Waals surface area contributed by atoms with Gasteiger partial charge in [-0.3, -0.25) is 0 Å². The molecule has 180 valence electrons. The molecule has 8 heteroatoms. The lowest BCUT2D eigenvalue weighted by Crippen LogP contribution is -2.35. The quantitative estimate of drug-likeness (QED) is 0.503. The van der Waals surface area contributed by atoms with Gasteiger partial charge in [-0.1, -0.05) is 24.9 Å². The van der Waals surface area contributed by atoms with Gasteiger partial charge < -0.3 is 9.64 Å². The average Bonchev–Trinajstić information content (AvgIpc) is 3.59. The van der Waals surface area contributed by atoms with Gasteiger partial charge in [0.1, 0.15) is 0 Å². The van der Waals surface area contributed by atoms with E-state index >= 15 is 0 Å². The van der Waals surface area contributed by atoms with Crippen LogP contribution in [0.25, 0.3) is 0 Å². The van der Waals surface area contributed by atoms with Crippen molar-refractivity contribution in [2.75, 3.05) is 30.3 Å². The fourth-order valence-electron chi connectivity index (χ4n) is 5.88. The van der Waals surface area contributed by atoms with Crippen molar-refractivity contribution in [3.8, 4) is 0 Å². The molecule has 0 spiro atoms. The van der Waals surface area contributed by atoms with E-state index in [0.717, 1.165) is 75.5 Å². The van der Waals surface area contributed by atoms with Gasteiger partial charge >= 0.3 is 0 Å². The Bertz CT molecular complexity index is 843. The smallest absolute Gasteiger partial charge is 0.225 e. The normalized spacial score (nSPS) is 30.3. The summed E-state index contributed by atoms with van der Waals surface area (Å²) < 4.78 is 30.8. The molecule has 3 aliphatic rings. The molecule has 5 atom stereocenters. The molecule has 1 aromatic rings. The third-order valence-corrected chi connectivity index (χ3v) is 10.7. The van der Waals surface area contributed by atoms with E-state index in [1.165, 1.54) is 19.3 Å². The zero-order valence-electron chi connectivity index (χ0n) is 19.5. The number of ether oxygens (including phenoxy) is 1. The van der Waals surface area contributed by atoms with Crippen LogP contribution in [0.4, 0.5) is 5.95 Å². The lowest BCUT2D eigenvalue weighted by Gasteiger charge is -2.33. The molecular formula is C24H38ClN3O3S. The molecule has 0 N–H and O–H groups in total. The maximum atomic E-state index is 12.3. The molecule has 3 fully saturated rings. The first-order valence-electron chi connectivity index (χ1n) is 12.4. The number of nitrogens with zero attached hydrogens (tertiary/aromatic N) is 3. The Morgan fingerprint density at radius 3 is 2.56 bits per heavy atom. The van der Waals surface area contributed by atoms with Crippen molar-refractivity contribution in [1.29, 1.82) is 0 Å². The van der Waals surface area contributed by atoms with Crippen molar-refractivity contribution in [2.24, 2.45) is 23.7 Å². The third kappa shape index (κ3) is 5.95. The first kappa shape index (κ1) is 24.2. The lowest BCUT2D eigenvalue weighted by atomic mass is 9.85. The lowest BCUT2D eigenvalue weighted by molar-refractivity contribution is 0.00942. The Balaban J connectivity index is 1.14. The van der Waals surface area contributed by atoms with Gasteiger partial charge in [0.15, 0.2) is 9.84 Å². The Kier molecular flexibility index (Phi) is 7.99. The predicted molar refractivity (Wildman–Crippen MR) is 129 cm³/mol. The number of hydrogen-bond donors (Lipinski definition) is 0. The van der Waals surface area contributed by atoms with Crippen molar-refractivity contribution in [3.05, 3.63) is 17.4 Å². The number of anilines is 1. The number of hydrogen-bond acceptors (Lipinski definition) is 6. The van der Waals surface area contributed by atoms with Crippen LogP contribution >= 0.6 is 11.6 Å². The molecule has 1 aliphatic heterocycles. The molecule has 6 nitrogen and oxygen atoms in total. The Hall–Kier alpha value is -0.920. The van der Waals surface area contributed by atoms with E-state index in [2.05, 4.69) is 14.9 Å². The van der Waals surface area contributed by atoms with Crippen LogP contribution in [0.1, 0.15) is 65.2 Å². The third-order valence-electron chi connectivity index (χ3n) is 8.15. The van der Waals surface area contributed by atoms with Crippen LogP contribution in [0.5, 0.6) is 0 Å². The minimum absolute atomic E-state index is 0.239. The van der Waals surface area contributed by atoms with Gasteiger partial charge in [-0.2, -0.15) is 0 Å². The van der Waals surface area contributed by atoms with E-state index < -0.39 is 9.84 Å². The van der Waals surface area contributed by atoms with E-state index in [0.29, 0.717) is 5.02 Å². The second-order valence-electron chi connectivity index (χ2n) is 10.1. The molecule has 4 rings (SSSR count). The number of sulfone groups is 1. The zero-order chi connectivity index (χ0) is 22.7. The molecule has 32 heavy (non-hydrogen) atoms. The van der Waals surface area contributed by atoms with Crippen LogP contribution < -0.4 is 4.90 Å². The summed E-state index contributed by atoms with van der Waals surface area (Å²) in [6.45, 7) is 6.52. The highest BCUT2D eigenvalue weighted by molar-refractivity contribution is 7.91. The minimum Gasteiger partial charge on any atom is -0.378 e. The first-order chi connectivity index (χ1) is 15.4. The molecule has 0 bridgehead atoms. The van der Waals surface area contributed by atoms with Crippen LogP contribution in [0.2, 0.25) is 5.02 Å². The van der Waals surface area contributed by atoms with Crippen LogP contribution in [-0.4, -0.2) is 55.2 Å². The van der Waals surface area contributed by atoms with Crippen LogP contribution in [-0.2, 0) is 14.6 Å². The molecule has 2 heterocycles. The molecule has 2 saturated carbocycles. The van der Waals surface area contributed by atoms with Gasteiger partial charge in [-0.05, 0) is 75.5 Å². The van der Waals surface area contributed by atoms with Crippen molar-refractivity contribution < 1.29 is 13.2 Å². The van der Waals surface area contributed by atoms with Crippen molar-refractivity contribution in [2.45, 2.75) is 76.6 Å². The summed E-state index contributed by atoms with van der Waals surface area (Å²) in [5.41, 5.74) is 0. The van der Waals surface area contributed by atoms with Crippen LogP contribution in [0.3, 0.4) is 0 Å².